The molecule has 2 aliphatic carbocycles. The second-order valence-electron chi connectivity index (χ2n) is 5.03. The van der Waals surface area contributed by atoms with Gasteiger partial charge in [-0.3, -0.25) is 5.32 Å². The number of nitrogens with one attached hydrogen (secondary N) is 1. The third-order valence-electron chi connectivity index (χ3n) is 3.52. The van der Waals surface area contributed by atoms with Crippen molar-refractivity contribution in [1.82, 2.24) is 5.32 Å². The van der Waals surface area contributed by atoms with E-state index in [0.717, 1.165) is 19.3 Å². The molecule has 4 heteroatoms. The molecule has 2 unspecified atom stereocenters. The van der Waals surface area contributed by atoms with Crippen LogP contribution in [0.4, 0.5) is 0 Å². The third kappa shape index (κ3) is 2.67. The monoisotopic (exact) mass is 264 g/mol. The number of thiophene rings is 1. The first-order valence-corrected chi connectivity index (χ1v) is 7.95. The van der Waals surface area contributed by atoms with E-state index in [0.29, 0.717) is 11.3 Å². The Labute approximate surface area is 110 Å². The molecule has 0 radical (unpaired) electrons. The van der Waals surface area contributed by atoms with E-state index >= 15 is 0 Å². The average molecular weight is 264 g/mol. The molecule has 2 aliphatic rings. The highest BCUT2D eigenvalue weighted by Crippen LogP contribution is 2.42. The molecule has 3 rings (SSSR count). The van der Waals surface area contributed by atoms with Gasteiger partial charge in [0.2, 0.25) is 0 Å². The van der Waals surface area contributed by atoms with Gasteiger partial charge in [0.15, 0.2) is 0 Å². The fraction of sp³-hybridized carbons (Fsp3) is 0.615. The normalized spacial score (nSPS) is 32.5. The summed E-state index contributed by atoms with van der Waals surface area (Å²) >= 11 is 3.75. The Morgan fingerprint density at radius 1 is 1.47 bits per heavy atom. The first-order valence-electron chi connectivity index (χ1n) is 6.19. The summed E-state index contributed by atoms with van der Waals surface area (Å²) in [7, 11) is 0. The summed E-state index contributed by atoms with van der Waals surface area (Å²) in [5, 5.41) is 15.7. The molecule has 2 saturated carbocycles. The molecule has 1 N–H and O–H groups in total. The Hall–Kier alpha value is -0.500. The topological polar surface area (TPSA) is 35.8 Å². The minimum absolute atomic E-state index is 0.226. The van der Waals surface area contributed by atoms with Crippen molar-refractivity contribution in [2.45, 2.75) is 53.1 Å². The zero-order chi connectivity index (χ0) is 11.7. The largest absolute Gasteiger partial charge is 0.297 e. The van der Waals surface area contributed by atoms with E-state index in [4.69, 9.17) is 0 Å². The molecule has 0 aliphatic heterocycles. The number of hydrogen-bond acceptors (Lipinski definition) is 4. The Balaban J connectivity index is 1.61. The molecule has 0 amide bonds. The molecule has 0 bridgehead atoms. The maximum atomic E-state index is 9.42. The predicted molar refractivity (Wildman–Crippen MR) is 72.3 cm³/mol. The molecule has 1 aromatic heterocycles. The van der Waals surface area contributed by atoms with E-state index in [-0.39, 0.29) is 5.54 Å². The van der Waals surface area contributed by atoms with Crippen molar-refractivity contribution in [1.29, 1.82) is 5.26 Å². The van der Waals surface area contributed by atoms with Crippen LogP contribution in [0.5, 0.6) is 0 Å². The lowest BCUT2D eigenvalue weighted by atomic mass is 10.00. The molecule has 0 aromatic carbocycles. The highest BCUT2D eigenvalue weighted by Gasteiger charge is 2.43. The van der Waals surface area contributed by atoms with Gasteiger partial charge in [0.25, 0.3) is 0 Å². The fourth-order valence-electron chi connectivity index (χ4n) is 2.48. The lowest BCUT2D eigenvalue weighted by Crippen LogP contribution is -2.43. The van der Waals surface area contributed by atoms with Gasteiger partial charge in [0.1, 0.15) is 5.54 Å². The van der Waals surface area contributed by atoms with Crippen LogP contribution in [0, 0.1) is 11.3 Å². The second kappa shape index (κ2) is 4.64. The van der Waals surface area contributed by atoms with E-state index in [1.54, 1.807) is 11.3 Å². The van der Waals surface area contributed by atoms with Gasteiger partial charge in [-0.25, -0.2) is 0 Å². The third-order valence-corrected chi connectivity index (χ3v) is 5.86. The van der Waals surface area contributed by atoms with Crippen LogP contribution in [0.25, 0.3) is 0 Å². The number of nitriles is 1. The Bertz CT molecular complexity index is 419. The van der Waals surface area contributed by atoms with Gasteiger partial charge in [0, 0.05) is 11.3 Å². The highest BCUT2D eigenvalue weighted by molar-refractivity contribution is 8.01. The Morgan fingerprint density at radius 2 is 2.35 bits per heavy atom. The summed E-state index contributed by atoms with van der Waals surface area (Å²) in [6.45, 7) is 0. The van der Waals surface area contributed by atoms with Crippen LogP contribution < -0.4 is 5.32 Å². The number of rotatable bonds is 4. The molecule has 1 aromatic rings. The second-order valence-corrected chi connectivity index (χ2v) is 7.58. The van der Waals surface area contributed by atoms with E-state index in [2.05, 4.69) is 28.9 Å². The molecular weight excluding hydrogens is 248 g/mol. The lowest BCUT2D eigenvalue weighted by molar-refractivity contribution is 0.420. The molecule has 2 atom stereocenters. The summed E-state index contributed by atoms with van der Waals surface area (Å²) in [6, 6.07) is 7.44. The van der Waals surface area contributed by atoms with Crippen LogP contribution in [0.15, 0.2) is 21.7 Å². The summed E-state index contributed by atoms with van der Waals surface area (Å²) < 4.78 is 1.38. The molecule has 0 saturated heterocycles. The molecule has 2 fully saturated rings. The molecule has 0 spiro atoms. The van der Waals surface area contributed by atoms with E-state index < -0.39 is 0 Å². The smallest absolute Gasteiger partial charge is 0.108 e. The van der Waals surface area contributed by atoms with Crippen molar-refractivity contribution in [3.8, 4) is 6.07 Å². The fourth-order valence-corrected chi connectivity index (χ4v) is 4.81. The van der Waals surface area contributed by atoms with Crippen molar-refractivity contribution < 1.29 is 0 Å². The van der Waals surface area contributed by atoms with E-state index in [1.165, 1.54) is 17.1 Å². The van der Waals surface area contributed by atoms with Crippen LogP contribution >= 0.6 is 23.1 Å². The van der Waals surface area contributed by atoms with Gasteiger partial charge in [0.05, 0.1) is 10.3 Å². The van der Waals surface area contributed by atoms with Crippen LogP contribution in [-0.4, -0.2) is 16.8 Å². The maximum absolute atomic E-state index is 9.42. The molecule has 90 valence electrons. The van der Waals surface area contributed by atoms with Crippen molar-refractivity contribution >= 4 is 23.1 Å². The maximum Gasteiger partial charge on any atom is 0.108 e. The number of thioether (sulfide) groups is 1. The summed E-state index contributed by atoms with van der Waals surface area (Å²) in [4.78, 5) is 0. The van der Waals surface area contributed by atoms with Crippen LogP contribution in [0.3, 0.4) is 0 Å². The van der Waals surface area contributed by atoms with E-state index in [9.17, 15) is 5.26 Å². The summed E-state index contributed by atoms with van der Waals surface area (Å²) in [6.07, 6.45) is 5.69. The van der Waals surface area contributed by atoms with Gasteiger partial charge in [-0.15, -0.1) is 23.1 Å². The van der Waals surface area contributed by atoms with Crippen molar-refractivity contribution in [3.63, 3.8) is 0 Å². The van der Waals surface area contributed by atoms with Crippen LogP contribution in [0.2, 0.25) is 0 Å². The lowest BCUT2D eigenvalue weighted by Gasteiger charge is -2.22. The Morgan fingerprint density at radius 3 is 3.00 bits per heavy atom. The zero-order valence-electron chi connectivity index (χ0n) is 9.69. The van der Waals surface area contributed by atoms with Crippen molar-refractivity contribution in [2.24, 2.45) is 0 Å². The quantitative estimate of drug-likeness (QED) is 0.905. The first-order chi connectivity index (χ1) is 8.30. The predicted octanol–water partition coefficient (Wildman–Crippen LogP) is 3.41. The molecule has 17 heavy (non-hydrogen) atoms. The van der Waals surface area contributed by atoms with Crippen molar-refractivity contribution in [3.05, 3.63) is 17.5 Å². The van der Waals surface area contributed by atoms with Gasteiger partial charge >= 0.3 is 0 Å². The van der Waals surface area contributed by atoms with Gasteiger partial charge < -0.3 is 0 Å². The van der Waals surface area contributed by atoms with Gasteiger partial charge in [-0.2, -0.15) is 5.26 Å². The van der Waals surface area contributed by atoms with Crippen LogP contribution in [0.1, 0.15) is 32.1 Å². The van der Waals surface area contributed by atoms with Gasteiger partial charge in [-0.05, 0) is 43.6 Å². The first kappa shape index (κ1) is 11.6. The Kier molecular flexibility index (Phi) is 3.16. The molecule has 1 heterocycles. The van der Waals surface area contributed by atoms with Gasteiger partial charge in [-0.1, -0.05) is 6.07 Å². The standard InChI is InChI=1S/C13H16N2S2/c14-9-13(15-10-3-4-10)6-5-11(8-13)17-12-2-1-7-16-12/h1-2,7,10-11,15H,3-6,8H2. The van der Waals surface area contributed by atoms with Crippen molar-refractivity contribution in [2.75, 3.05) is 0 Å². The highest BCUT2D eigenvalue weighted by atomic mass is 32.2. The minimum Gasteiger partial charge on any atom is -0.297 e. The van der Waals surface area contributed by atoms with Crippen LogP contribution in [-0.2, 0) is 0 Å². The molecule has 2 nitrogen and oxygen atoms in total. The number of nitrogens with zero attached hydrogens (tertiary/aromatic N) is 1. The minimum atomic E-state index is -0.226. The van der Waals surface area contributed by atoms with E-state index in [1.807, 2.05) is 11.8 Å². The SMILES string of the molecule is N#CC1(NC2CC2)CCC(Sc2cccs2)C1. The average Bonchev–Trinajstić information content (AvgIpc) is 2.84. The summed E-state index contributed by atoms with van der Waals surface area (Å²) in [5.41, 5.74) is -0.226. The zero-order valence-corrected chi connectivity index (χ0v) is 11.3. The molecular formula is C13H16N2S2. The number of hydrogen-bond donors (Lipinski definition) is 1. The summed E-state index contributed by atoms with van der Waals surface area (Å²) in [5.74, 6) is 0.